The van der Waals surface area contributed by atoms with E-state index in [-0.39, 0.29) is 11.8 Å². The molecule has 0 bridgehead atoms. The SMILES string of the molecule is C[C@@H]1CN(Cc2cc(C(F)(F)F)c3nccc(=O)n3c2)CCO1. The van der Waals surface area contributed by atoms with Crippen LogP contribution >= 0.6 is 0 Å². The van der Waals surface area contributed by atoms with Crippen molar-refractivity contribution in [3.05, 3.63) is 46.0 Å². The molecule has 0 amide bonds. The highest BCUT2D eigenvalue weighted by Crippen LogP contribution is 2.32. The van der Waals surface area contributed by atoms with Crippen molar-refractivity contribution in [2.75, 3.05) is 19.7 Å². The van der Waals surface area contributed by atoms with E-state index in [4.69, 9.17) is 4.74 Å². The normalized spacial score (nSPS) is 20.1. The van der Waals surface area contributed by atoms with Gasteiger partial charge < -0.3 is 4.74 Å². The van der Waals surface area contributed by atoms with Gasteiger partial charge in [0.25, 0.3) is 5.56 Å². The molecule has 8 heteroatoms. The Labute approximate surface area is 130 Å². The lowest BCUT2D eigenvalue weighted by Gasteiger charge is -2.31. The van der Waals surface area contributed by atoms with E-state index in [1.54, 1.807) is 0 Å². The van der Waals surface area contributed by atoms with Crippen molar-refractivity contribution in [1.29, 1.82) is 0 Å². The summed E-state index contributed by atoms with van der Waals surface area (Å²) in [7, 11) is 0. The van der Waals surface area contributed by atoms with Crippen LogP contribution in [0.25, 0.3) is 5.65 Å². The van der Waals surface area contributed by atoms with Gasteiger partial charge in [-0.2, -0.15) is 13.2 Å². The molecule has 1 saturated heterocycles. The van der Waals surface area contributed by atoms with Crippen LogP contribution in [0.2, 0.25) is 0 Å². The molecule has 0 aliphatic carbocycles. The first-order valence-electron chi connectivity index (χ1n) is 7.26. The number of aromatic nitrogens is 2. The van der Waals surface area contributed by atoms with Gasteiger partial charge in [-0.05, 0) is 18.6 Å². The second kappa shape index (κ2) is 5.93. The lowest BCUT2D eigenvalue weighted by Crippen LogP contribution is -2.40. The lowest BCUT2D eigenvalue weighted by atomic mass is 10.1. The highest BCUT2D eigenvalue weighted by atomic mass is 19.4. The third kappa shape index (κ3) is 3.37. The number of fused-ring (bicyclic) bond motifs is 1. The summed E-state index contributed by atoms with van der Waals surface area (Å²) in [6.07, 6.45) is -2.01. The van der Waals surface area contributed by atoms with Gasteiger partial charge in [0.05, 0.1) is 18.3 Å². The number of hydrogen-bond donors (Lipinski definition) is 0. The summed E-state index contributed by atoms with van der Waals surface area (Å²) in [6, 6.07) is 2.22. The molecule has 0 aromatic carbocycles. The number of hydrogen-bond acceptors (Lipinski definition) is 4. The number of alkyl halides is 3. The zero-order chi connectivity index (χ0) is 16.6. The minimum atomic E-state index is -4.57. The van der Waals surface area contributed by atoms with Crippen molar-refractivity contribution in [3.63, 3.8) is 0 Å². The molecule has 1 fully saturated rings. The molecule has 124 valence electrons. The molecular weight excluding hydrogens is 311 g/mol. The maximum absolute atomic E-state index is 13.3. The zero-order valence-electron chi connectivity index (χ0n) is 12.5. The molecule has 23 heavy (non-hydrogen) atoms. The number of rotatable bonds is 2. The molecule has 1 atom stereocenters. The van der Waals surface area contributed by atoms with Crippen molar-refractivity contribution in [2.45, 2.75) is 25.7 Å². The quantitative estimate of drug-likeness (QED) is 0.846. The maximum atomic E-state index is 13.3. The molecule has 5 nitrogen and oxygen atoms in total. The van der Waals surface area contributed by atoms with Gasteiger partial charge in [-0.1, -0.05) is 0 Å². The summed E-state index contributed by atoms with van der Waals surface area (Å²) >= 11 is 0. The summed E-state index contributed by atoms with van der Waals surface area (Å²) < 4.78 is 46.2. The second-order valence-electron chi connectivity index (χ2n) is 5.65. The molecule has 0 N–H and O–H groups in total. The fourth-order valence-electron chi connectivity index (χ4n) is 2.78. The van der Waals surface area contributed by atoms with Crippen LogP contribution in [0.15, 0.2) is 29.3 Å². The molecule has 3 heterocycles. The number of halogens is 3. The van der Waals surface area contributed by atoms with Crippen LogP contribution in [0.1, 0.15) is 18.1 Å². The van der Waals surface area contributed by atoms with Crippen molar-refractivity contribution in [1.82, 2.24) is 14.3 Å². The Kier molecular flexibility index (Phi) is 4.11. The average molecular weight is 327 g/mol. The Balaban J connectivity index is 2.04. The highest BCUT2D eigenvalue weighted by molar-refractivity contribution is 5.50. The third-order valence-electron chi connectivity index (χ3n) is 3.78. The topological polar surface area (TPSA) is 46.8 Å². The molecular formula is C15H16F3N3O2. The van der Waals surface area contributed by atoms with E-state index < -0.39 is 17.3 Å². The summed E-state index contributed by atoms with van der Waals surface area (Å²) in [5.74, 6) is 0. The monoisotopic (exact) mass is 327 g/mol. The van der Waals surface area contributed by atoms with E-state index in [2.05, 4.69) is 4.98 Å². The van der Waals surface area contributed by atoms with Gasteiger partial charge in [-0.3, -0.25) is 14.1 Å². The van der Waals surface area contributed by atoms with Gasteiger partial charge in [-0.25, -0.2) is 4.98 Å². The van der Waals surface area contributed by atoms with E-state index >= 15 is 0 Å². The number of morpholine rings is 1. The van der Waals surface area contributed by atoms with Crippen molar-refractivity contribution in [2.24, 2.45) is 0 Å². The van der Waals surface area contributed by atoms with Crippen LogP contribution in [0.4, 0.5) is 13.2 Å². The first-order valence-corrected chi connectivity index (χ1v) is 7.26. The zero-order valence-corrected chi connectivity index (χ0v) is 12.5. The molecule has 0 unspecified atom stereocenters. The minimum Gasteiger partial charge on any atom is -0.376 e. The number of ether oxygens (including phenoxy) is 1. The Morgan fingerprint density at radius 1 is 1.43 bits per heavy atom. The predicted octanol–water partition coefficient (Wildman–Crippen LogP) is 1.93. The van der Waals surface area contributed by atoms with Crippen LogP contribution in [0.3, 0.4) is 0 Å². The van der Waals surface area contributed by atoms with Crippen LogP contribution in [-0.4, -0.2) is 40.1 Å². The molecule has 0 saturated carbocycles. The number of pyridine rings is 1. The summed E-state index contributed by atoms with van der Waals surface area (Å²) in [5, 5.41) is 0. The third-order valence-corrected chi connectivity index (χ3v) is 3.78. The minimum absolute atomic E-state index is 0.0377. The lowest BCUT2D eigenvalue weighted by molar-refractivity contribution is -0.136. The van der Waals surface area contributed by atoms with E-state index in [1.165, 1.54) is 6.20 Å². The van der Waals surface area contributed by atoms with Crippen molar-refractivity contribution in [3.8, 4) is 0 Å². The average Bonchev–Trinajstić information content (AvgIpc) is 2.46. The predicted molar refractivity (Wildman–Crippen MR) is 77.2 cm³/mol. The van der Waals surface area contributed by atoms with Crippen molar-refractivity contribution < 1.29 is 17.9 Å². The van der Waals surface area contributed by atoms with Crippen LogP contribution in [-0.2, 0) is 17.5 Å². The van der Waals surface area contributed by atoms with E-state index in [9.17, 15) is 18.0 Å². The molecule has 2 aromatic heterocycles. The second-order valence-corrected chi connectivity index (χ2v) is 5.65. The molecule has 2 aromatic rings. The molecule has 3 rings (SSSR count). The maximum Gasteiger partial charge on any atom is 0.419 e. The van der Waals surface area contributed by atoms with Gasteiger partial charge in [0.2, 0.25) is 0 Å². The Bertz CT molecular complexity index is 773. The summed E-state index contributed by atoms with van der Waals surface area (Å²) in [4.78, 5) is 17.6. The summed E-state index contributed by atoms with van der Waals surface area (Å²) in [6.45, 7) is 4.07. The number of nitrogens with zero attached hydrogens (tertiary/aromatic N) is 3. The van der Waals surface area contributed by atoms with Crippen LogP contribution in [0.5, 0.6) is 0 Å². The Morgan fingerprint density at radius 3 is 2.91 bits per heavy atom. The van der Waals surface area contributed by atoms with E-state index in [0.29, 0.717) is 31.8 Å². The smallest absolute Gasteiger partial charge is 0.376 e. The Morgan fingerprint density at radius 2 is 2.22 bits per heavy atom. The summed E-state index contributed by atoms with van der Waals surface area (Å²) in [5.41, 5.74) is -1.37. The fourth-order valence-corrected chi connectivity index (χ4v) is 2.78. The van der Waals surface area contributed by atoms with Crippen molar-refractivity contribution >= 4 is 5.65 Å². The Hall–Kier alpha value is -1.93. The van der Waals surface area contributed by atoms with E-state index in [0.717, 1.165) is 22.7 Å². The van der Waals surface area contributed by atoms with Gasteiger partial charge in [0, 0.05) is 38.1 Å². The standard InChI is InChI=1S/C15H16F3N3O2/c1-10-7-20(4-5-23-10)8-11-6-12(15(16,17)18)14-19-3-2-13(22)21(14)9-11/h2-3,6,9-10H,4-5,7-8H2,1H3/t10-/m1/s1. The van der Waals surface area contributed by atoms with Gasteiger partial charge >= 0.3 is 6.18 Å². The fraction of sp³-hybridized carbons (Fsp3) is 0.467. The largest absolute Gasteiger partial charge is 0.419 e. The first-order chi connectivity index (χ1) is 10.8. The molecule has 1 aliphatic heterocycles. The van der Waals surface area contributed by atoms with Crippen LogP contribution in [0, 0.1) is 0 Å². The molecule has 1 aliphatic rings. The first kappa shape index (κ1) is 15.9. The van der Waals surface area contributed by atoms with Gasteiger partial charge in [-0.15, -0.1) is 0 Å². The van der Waals surface area contributed by atoms with Gasteiger partial charge in [0.1, 0.15) is 0 Å². The molecule has 0 spiro atoms. The molecule has 0 radical (unpaired) electrons. The van der Waals surface area contributed by atoms with Gasteiger partial charge in [0.15, 0.2) is 5.65 Å². The van der Waals surface area contributed by atoms with E-state index in [1.807, 2.05) is 11.8 Å². The van der Waals surface area contributed by atoms with Crippen LogP contribution < -0.4 is 5.56 Å². The highest BCUT2D eigenvalue weighted by Gasteiger charge is 2.34.